The van der Waals surface area contributed by atoms with Gasteiger partial charge in [-0.2, -0.15) is 0 Å². The fourth-order valence-corrected chi connectivity index (χ4v) is 4.36. The summed E-state index contributed by atoms with van der Waals surface area (Å²) in [7, 11) is 1.41. The molecule has 4 aromatic rings. The van der Waals surface area contributed by atoms with Crippen molar-refractivity contribution in [2.45, 2.75) is 24.8 Å². The van der Waals surface area contributed by atoms with E-state index >= 15 is 0 Å². The van der Waals surface area contributed by atoms with Crippen molar-refractivity contribution < 1.29 is 23.1 Å². The van der Waals surface area contributed by atoms with E-state index in [9.17, 15) is 18.4 Å². The third kappa shape index (κ3) is 4.63. The number of anilines is 2. The first-order valence-electron chi connectivity index (χ1n) is 11.6. The number of alkyl halides is 2. The fourth-order valence-electron chi connectivity index (χ4n) is 4.36. The summed E-state index contributed by atoms with van der Waals surface area (Å²) in [5.41, 5.74) is 9.86. The quantitative estimate of drug-likeness (QED) is 0.317. The van der Waals surface area contributed by atoms with E-state index in [0.29, 0.717) is 33.6 Å². The Labute approximate surface area is 215 Å². The van der Waals surface area contributed by atoms with E-state index < -0.39 is 17.9 Å². The van der Waals surface area contributed by atoms with Crippen LogP contribution in [0.4, 0.5) is 20.3 Å². The molecule has 1 aliphatic rings. The lowest BCUT2D eigenvalue weighted by atomic mass is 9.88. The normalized spacial score (nSPS) is 14.5. The Morgan fingerprint density at radius 3 is 2.55 bits per heavy atom. The van der Waals surface area contributed by atoms with Crippen LogP contribution < -0.4 is 21.1 Å². The number of hydrogen-bond donors (Lipinski definition) is 3. The second-order valence-electron chi connectivity index (χ2n) is 8.83. The number of nitrogens with zero attached hydrogens (tertiary/aromatic N) is 4. The van der Waals surface area contributed by atoms with Gasteiger partial charge in [0.2, 0.25) is 5.91 Å². The van der Waals surface area contributed by atoms with Gasteiger partial charge in [0, 0.05) is 35.7 Å². The largest absolute Gasteiger partial charge is 0.496 e. The molecule has 1 saturated carbocycles. The van der Waals surface area contributed by atoms with Gasteiger partial charge in [0.1, 0.15) is 23.3 Å². The minimum Gasteiger partial charge on any atom is -0.496 e. The lowest BCUT2D eigenvalue weighted by Gasteiger charge is -2.35. The molecule has 0 bridgehead atoms. The zero-order valence-electron chi connectivity index (χ0n) is 20.2. The summed E-state index contributed by atoms with van der Waals surface area (Å²) < 4.78 is 33.3. The molecular formula is C26H23F2N7O3. The molecule has 0 atom stereocenters. The van der Waals surface area contributed by atoms with Crippen LogP contribution in [0.15, 0.2) is 61.4 Å². The van der Waals surface area contributed by atoms with Crippen LogP contribution in [0.5, 0.6) is 5.75 Å². The molecule has 1 aliphatic carbocycles. The number of nitrogen functional groups attached to an aromatic ring is 1. The number of rotatable bonds is 7. The maximum atomic E-state index is 13.2. The first-order valence-corrected chi connectivity index (χ1v) is 11.6. The highest BCUT2D eigenvalue weighted by Gasteiger charge is 2.46. The van der Waals surface area contributed by atoms with Gasteiger partial charge >= 0.3 is 0 Å². The molecule has 0 aliphatic heterocycles. The predicted octanol–water partition coefficient (Wildman–Crippen LogP) is 3.70. The third-order valence-electron chi connectivity index (χ3n) is 6.24. The monoisotopic (exact) mass is 519 g/mol. The van der Waals surface area contributed by atoms with Crippen molar-refractivity contribution in [3.8, 4) is 28.1 Å². The molecule has 0 spiro atoms. The van der Waals surface area contributed by atoms with Gasteiger partial charge in [-0.1, -0.05) is 24.8 Å². The summed E-state index contributed by atoms with van der Waals surface area (Å²) in [6.07, 6.45) is 1.68. The van der Waals surface area contributed by atoms with Gasteiger partial charge < -0.3 is 21.1 Å². The summed E-state index contributed by atoms with van der Waals surface area (Å²) in [6, 6.07) is 11.3. The molecule has 5 rings (SSSR count). The van der Waals surface area contributed by atoms with Gasteiger partial charge in [0.25, 0.3) is 11.8 Å². The fraction of sp³-hybridized carbons (Fsp3) is 0.192. The Morgan fingerprint density at radius 1 is 1.18 bits per heavy atom. The van der Waals surface area contributed by atoms with Crippen molar-refractivity contribution in [2.75, 3.05) is 18.2 Å². The van der Waals surface area contributed by atoms with Crippen LogP contribution in [0.1, 0.15) is 23.2 Å². The molecule has 2 aromatic carbocycles. The van der Waals surface area contributed by atoms with E-state index in [-0.39, 0.29) is 35.9 Å². The van der Waals surface area contributed by atoms with Crippen LogP contribution in [0.2, 0.25) is 0 Å². The van der Waals surface area contributed by atoms with Gasteiger partial charge in [0.15, 0.2) is 5.82 Å². The summed E-state index contributed by atoms with van der Waals surface area (Å²) in [6.45, 7) is 3.44. The molecule has 12 heteroatoms. The van der Waals surface area contributed by atoms with Crippen LogP contribution >= 0.6 is 0 Å². The smallest absolute Gasteiger partial charge is 0.255 e. The highest BCUT2D eigenvalue weighted by molar-refractivity contribution is 6.01. The average molecular weight is 520 g/mol. The number of ether oxygens (including phenoxy) is 1. The van der Waals surface area contributed by atoms with E-state index in [1.807, 2.05) is 0 Å². The Kier molecular flexibility index (Phi) is 6.23. The number of amides is 2. The number of aromatic nitrogens is 4. The van der Waals surface area contributed by atoms with E-state index in [0.717, 1.165) is 0 Å². The first-order chi connectivity index (χ1) is 18.2. The Morgan fingerprint density at radius 2 is 1.89 bits per heavy atom. The molecular weight excluding hydrogens is 496 g/mol. The van der Waals surface area contributed by atoms with Gasteiger partial charge in [-0.3, -0.25) is 9.59 Å². The topological polar surface area (TPSA) is 137 Å². The van der Waals surface area contributed by atoms with Crippen molar-refractivity contribution in [1.29, 1.82) is 0 Å². The molecule has 2 heterocycles. The number of carbonyl (C=O) groups excluding carboxylic acids is 2. The molecule has 0 radical (unpaired) electrons. The Bertz CT molecular complexity index is 1560. The van der Waals surface area contributed by atoms with Crippen molar-refractivity contribution in [3.05, 3.63) is 67.0 Å². The highest BCUT2D eigenvalue weighted by Crippen LogP contribution is 2.40. The minimum atomic E-state index is -2.75. The van der Waals surface area contributed by atoms with E-state index in [2.05, 4.69) is 32.4 Å². The lowest BCUT2D eigenvalue weighted by molar-refractivity contribution is -0.111. The molecule has 2 aromatic heterocycles. The average Bonchev–Trinajstić information content (AvgIpc) is 3.28. The van der Waals surface area contributed by atoms with Crippen LogP contribution in [0, 0.1) is 0 Å². The zero-order chi connectivity index (χ0) is 27.0. The number of methoxy groups -OCH3 is 1. The van der Waals surface area contributed by atoms with E-state index in [4.69, 9.17) is 10.5 Å². The number of carbonyl (C=O) groups is 2. The Hall–Kier alpha value is -4.87. The molecule has 38 heavy (non-hydrogen) atoms. The van der Waals surface area contributed by atoms with Crippen LogP contribution in [0.3, 0.4) is 0 Å². The predicted molar refractivity (Wildman–Crippen MR) is 137 cm³/mol. The van der Waals surface area contributed by atoms with Crippen molar-refractivity contribution in [2.24, 2.45) is 0 Å². The maximum absolute atomic E-state index is 13.2. The number of benzene rings is 2. The van der Waals surface area contributed by atoms with Crippen LogP contribution in [0.25, 0.3) is 27.9 Å². The maximum Gasteiger partial charge on any atom is 0.255 e. The van der Waals surface area contributed by atoms with Gasteiger partial charge in [0.05, 0.1) is 12.7 Å². The summed E-state index contributed by atoms with van der Waals surface area (Å²) in [5, 5.41) is 14.1. The molecule has 10 nitrogen and oxygen atoms in total. The summed E-state index contributed by atoms with van der Waals surface area (Å²) in [5.74, 6) is -3.15. The van der Waals surface area contributed by atoms with Gasteiger partial charge in [-0.05, 0) is 35.9 Å². The van der Waals surface area contributed by atoms with Crippen LogP contribution in [-0.4, -0.2) is 50.7 Å². The molecule has 0 saturated heterocycles. The Balaban J connectivity index is 1.55. The van der Waals surface area contributed by atoms with Crippen LogP contribution in [-0.2, 0) is 4.79 Å². The highest BCUT2D eigenvalue weighted by atomic mass is 19.3. The van der Waals surface area contributed by atoms with E-state index in [1.165, 1.54) is 24.1 Å². The van der Waals surface area contributed by atoms with E-state index in [1.54, 1.807) is 42.5 Å². The number of halogens is 2. The number of hydrogen-bond acceptors (Lipinski definition) is 7. The zero-order valence-corrected chi connectivity index (χ0v) is 20.2. The first kappa shape index (κ1) is 24.8. The van der Waals surface area contributed by atoms with Gasteiger partial charge in [-0.15, -0.1) is 14.8 Å². The number of nitrogens with two attached hydrogens (primary N) is 1. The third-order valence-corrected chi connectivity index (χ3v) is 6.24. The van der Waals surface area contributed by atoms with Crippen molar-refractivity contribution in [1.82, 2.24) is 25.1 Å². The molecule has 1 fully saturated rings. The van der Waals surface area contributed by atoms with Crippen molar-refractivity contribution in [3.63, 3.8) is 0 Å². The molecule has 4 N–H and O–H groups in total. The minimum absolute atomic E-state index is 0.190. The SMILES string of the molecule is C=CC(=O)Nc1ccc(-c2nn3ncnc(N)c3c2-c2ccc(C(=O)NC3CC(F)(F)C3)c(OC)c2)cc1. The molecule has 194 valence electrons. The second-order valence-corrected chi connectivity index (χ2v) is 8.83. The molecule has 0 unspecified atom stereocenters. The number of nitrogens with one attached hydrogen (secondary N) is 2. The number of fused-ring (bicyclic) bond motifs is 1. The standard InChI is InChI=1S/C26H23F2N7O3/c1-3-20(36)32-16-7-4-14(5-8-16)22-21(23-24(29)30-13-31-35(23)34-22)15-6-9-18(19(10-15)38-2)25(37)33-17-11-26(27,28)12-17/h3-10,13,17H,1,11-12H2,2H3,(H,32,36)(H,33,37)(H2,29,30,31). The molecule has 2 amide bonds. The summed E-state index contributed by atoms with van der Waals surface area (Å²) in [4.78, 5) is 28.5. The van der Waals surface area contributed by atoms with Crippen molar-refractivity contribution >= 4 is 28.8 Å². The second kappa shape index (κ2) is 9.54. The lowest BCUT2D eigenvalue weighted by Crippen LogP contribution is -2.50. The summed E-state index contributed by atoms with van der Waals surface area (Å²) >= 11 is 0. The van der Waals surface area contributed by atoms with Gasteiger partial charge in [-0.25, -0.2) is 13.8 Å².